The molecule has 8 nitrogen and oxygen atoms in total. The molecule has 1 saturated heterocycles. The molecule has 1 atom stereocenters. The molecule has 0 radical (unpaired) electrons. The van der Waals surface area contributed by atoms with Gasteiger partial charge in [-0.05, 0) is 66.6 Å². The van der Waals surface area contributed by atoms with Gasteiger partial charge < -0.3 is 24.2 Å². The molecular weight excluding hydrogens is 472 g/mol. The lowest BCUT2D eigenvalue weighted by atomic mass is 9.94. The summed E-state index contributed by atoms with van der Waals surface area (Å²) in [5.41, 5.74) is 1.77. The van der Waals surface area contributed by atoms with Crippen molar-refractivity contribution in [1.82, 2.24) is 9.88 Å². The topological polar surface area (TPSA) is 98.2 Å². The third-order valence-corrected chi connectivity index (χ3v) is 5.95. The van der Waals surface area contributed by atoms with E-state index in [0.717, 1.165) is 5.56 Å². The maximum absolute atomic E-state index is 13.3. The summed E-state index contributed by atoms with van der Waals surface area (Å²) in [4.78, 5) is 32.1. The summed E-state index contributed by atoms with van der Waals surface area (Å²) in [7, 11) is 1.54. The fourth-order valence-corrected chi connectivity index (χ4v) is 4.21. The van der Waals surface area contributed by atoms with E-state index in [1.807, 2.05) is 6.92 Å². The van der Waals surface area contributed by atoms with Crippen molar-refractivity contribution in [3.05, 3.63) is 102 Å². The second-order valence-electron chi connectivity index (χ2n) is 8.25. The number of Topliss-reactive ketones (excluding diaryl/α,β-unsaturated/α-hetero) is 1. The van der Waals surface area contributed by atoms with Gasteiger partial charge in [0.2, 0.25) is 0 Å². The highest BCUT2D eigenvalue weighted by atomic mass is 16.5. The van der Waals surface area contributed by atoms with Gasteiger partial charge in [-0.2, -0.15) is 0 Å². The van der Waals surface area contributed by atoms with E-state index in [4.69, 9.17) is 14.2 Å². The second-order valence-corrected chi connectivity index (χ2v) is 8.25. The highest BCUT2D eigenvalue weighted by Gasteiger charge is 2.46. The maximum Gasteiger partial charge on any atom is 0.295 e. The molecule has 1 aliphatic rings. The van der Waals surface area contributed by atoms with E-state index in [0.29, 0.717) is 35.0 Å². The highest BCUT2D eigenvalue weighted by Crippen LogP contribution is 2.42. The quantitative estimate of drug-likeness (QED) is 0.187. The Kier molecular flexibility index (Phi) is 7.88. The molecule has 1 aromatic heterocycles. The van der Waals surface area contributed by atoms with Crippen LogP contribution >= 0.6 is 0 Å². The van der Waals surface area contributed by atoms with Crippen molar-refractivity contribution in [2.75, 3.05) is 20.3 Å². The van der Waals surface area contributed by atoms with Crippen molar-refractivity contribution >= 4 is 17.4 Å². The zero-order chi connectivity index (χ0) is 26.4. The number of carbonyl (C=O) groups is 2. The second kappa shape index (κ2) is 11.4. The Morgan fingerprint density at radius 2 is 1.78 bits per heavy atom. The molecule has 0 spiro atoms. The number of likely N-dealkylation sites (tertiary alicyclic amines) is 1. The van der Waals surface area contributed by atoms with Crippen LogP contribution in [0, 0.1) is 0 Å². The van der Waals surface area contributed by atoms with Crippen LogP contribution in [0.3, 0.4) is 0 Å². The van der Waals surface area contributed by atoms with Crippen LogP contribution in [0.1, 0.15) is 29.7 Å². The van der Waals surface area contributed by atoms with Crippen molar-refractivity contribution in [2.24, 2.45) is 0 Å². The molecular formula is C29H28N2O6. The number of hydrogen-bond acceptors (Lipinski definition) is 7. The number of nitrogens with zero attached hydrogens (tertiary/aromatic N) is 2. The molecule has 8 heteroatoms. The molecule has 1 amide bonds. The minimum absolute atomic E-state index is 0.00793. The average Bonchev–Trinajstić information content (AvgIpc) is 3.17. The number of aliphatic hydroxyl groups excluding tert-OH is 1. The fraction of sp³-hybridized carbons (Fsp3) is 0.207. The highest BCUT2D eigenvalue weighted by molar-refractivity contribution is 6.46. The SMILES string of the molecule is C=CCOc1ccc(C2/C(=C(\O)c3ccc(OC)cc3)C(=O)C(=O)N2Cc2ccncc2)cc1OCC. The summed E-state index contributed by atoms with van der Waals surface area (Å²) in [6.07, 6.45) is 4.87. The van der Waals surface area contributed by atoms with Gasteiger partial charge in [-0.3, -0.25) is 14.6 Å². The molecule has 1 aliphatic heterocycles. The fourth-order valence-electron chi connectivity index (χ4n) is 4.21. The van der Waals surface area contributed by atoms with E-state index < -0.39 is 17.7 Å². The Morgan fingerprint density at radius 3 is 2.43 bits per heavy atom. The van der Waals surface area contributed by atoms with Crippen LogP contribution in [0.4, 0.5) is 0 Å². The smallest absolute Gasteiger partial charge is 0.295 e. The first-order valence-corrected chi connectivity index (χ1v) is 11.8. The van der Waals surface area contributed by atoms with Gasteiger partial charge in [0.25, 0.3) is 11.7 Å². The Labute approximate surface area is 215 Å². The molecule has 1 N–H and O–H groups in total. The first kappa shape index (κ1) is 25.5. The van der Waals surface area contributed by atoms with Gasteiger partial charge in [-0.1, -0.05) is 18.7 Å². The van der Waals surface area contributed by atoms with Gasteiger partial charge in [0.15, 0.2) is 11.5 Å². The number of aliphatic hydroxyl groups is 1. The normalized spacial score (nSPS) is 16.5. The van der Waals surface area contributed by atoms with Crippen LogP contribution in [-0.2, 0) is 16.1 Å². The van der Waals surface area contributed by atoms with E-state index in [1.54, 1.807) is 73.1 Å². The zero-order valence-corrected chi connectivity index (χ0v) is 20.7. The van der Waals surface area contributed by atoms with E-state index in [1.165, 1.54) is 12.0 Å². The number of ether oxygens (including phenoxy) is 3. The summed E-state index contributed by atoms with van der Waals surface area (Å²) >= 11 is 0. The minimum Gasteiger partial charge on any atom is -0.507 e. The molecule has 0 saturated carbocycles. The van der Waals surface area contributed by atoms with E-state index >= 15 is 0 Å². The van der Waals surface area contributed by atoms with Crippen molar-refractivity contribution in [3.8, 4) is 17.2 Å². The van der Waals surface area contributed by atoms with Crippen LogP contribution in [0.25, 0.3) is 5.76 Å². The van der Waals surface area contributed by atoms with Crippen LogP contribution in [0.5, 0.6) is 17.2 Å². The Hall–Kier alpha value is -4.59. The molecule has 4 rings (SSSR count). The summed E-state index contributed by atoms with van der Waals surface area (Å²) in [5, 5.41) is 11.3. The average molecular weight is 501 g/mol. The predicted octanol–water partition coefficient (Wildman–Crippen LogP) is 4.68. The monoisotopic (exact) mass is 500 g/mol. The number of carbonyl (C=O) groups excluding carboxylic acids is 2. The van der Waals surface area contributed by atoms with Crippen LogP contribution < -0.4 is 14.2 Å². The molecule has 3 aromatic rings. The number of aromatic nitrogens is 1. The van der Waals surface area contributed by atoms with Crippen molar-refractivity contribution in [1.29, 1.82) is 0 Å². The van der Waals surface area contributed by atoms with Gasteiger partial charge in [0, 0.05) is 24.5 Å². The molecule has 37 heavy (non-hydrogen) atoms. The van der Waals surface area contributed by atoms with Gasteiger partial charge >= 0.3 is 0 Å². The first-order chi connectivity index (χ1) is 18.0. The Bertz CT molecular complexity index is 1320. The number of hydrogen-bond donors (Lipinski definition) is 1. The molecule has 1 fully saturated rings. The maximum atomic E-state index is 13.3. The summed E-state index contributed by atoms with van der Waals surface area (Å²) in [6.45, 7) is 6.35. The molecule has 0 aliphatic carbocycles. The Balaban J connectivity index is 1.86. The number of pyridine rings is 1. The summed E-state index contributed by atoms with van der Waals surface area (Å²) in [6, 6.07) is 14.5. The molecule has 0 bridgehead atoms. The number of amides is 1. The van der Waals surface area contributed by atoms with Crippen molar-refractivity contribution in [2.45, 2.75) is 19.5 Å². The lowest BCUT2D eigenvalue weighted by molar-refractivity contribution is -0.140. The zero-order valence-electron chi connectivity index (χ0n) is 20.7. The van der Waals surface area contributed by atoms with E-state index in [9.17, 15) is 14.7 Å². The Morgan fingerprint density at radius 1 is 1.05 bits per heavy atom. The number of ketones is 1. The number of rotatable bonds is 10. The molecule has 2 aromatic carbocycles. The third kappa shape index (κ3) is 5.33. The van der Waals surface area contributed by atoms with Gasteiger partial charge in [-0.15, -0.1) is 0 Å². The minimum atomic E-state index is -0.858. The number of benzene rings is 2. The van der Waals surface area contributed by atoms with Gasteiger partial charge in [0.1, 0.15) is 18.1 Å². The van der Waals surface area contributed by atoms with Crippen LogP contribution in [0.15, 0.2) is 85.2 Å². The number of methoxy groups -OCH3 is 1. The summed E-state index contributed by atoms with van der Waals surface area (Å²) < 4.78 is 16.7. The molecule has 190 valence electrons. The van der Waals surface area contributed by atoms with Crippen LogP contribution in [0.2, 0.25) is 0 Å². The first-order valence-electron chi connectivity index (χ1n) is 11.8. The lowest BCUT2D eigenvalue weighted by Gasteiger charge is -2.26. The standard InChI is InChI=1S/C29H28N2O6/c1-4-16-37-23-11-8-21(17-24(23)36-5-2)26-25(27(32)20-6-9-22(35-3)10-7-20)28(33)29(34)31(26)18-19-12-14-30-15-13-19/h4,6-15,17,26,32H,1,5,16,18H2,2-3H3/b27-25+. The van der Waals surface area contributed by atoms with Crippen molar-refractivity contribution in [3.63, 3.8) is 0 Å². The van der Waals surface area contributed by atoms with Gasteiger partial charge in [-0.25, -0.2) is 0 Å². The molecule has 2 heterocycles. The summed E-state index contributed by atoms with van der Waals surface area (Å²) in [5.74, 6) is -0.178. The van der Waals surface area contributed by atoms with Crippen molar-refractivity contribution < 1.29 is 28.9 Å². The predicted molar refractivity (Wildman–Crippen MR) is 138 cm³/mol. The van der Waals surface area contributed by atoms with Gasteiger partial charge in [0.05, 0.1) is 25.3 Å². The van der Waals surface area contributed by atoms with E-state index in [2.05, 4.69) is 11.6 Å². The largest absolute Gasteiger partial charge is 0.507 e. The molecule has 1 unspecified atom stereocenters. The van der Waals surface area contributed by atoms with Crippen LogP contribution in [-0.4, -0.2) is 47.0 Å². The third-order valence-electron chi connectivity index (χ3n) is 5.95. The van der Waals surface area contributed by atoms with E-state index in [-0.39, 0.29) is 24.5 Å². The lowest BCUT2D eigenvalue weighted by Crippen LogP contribution is -2.29.